The molecule has 1 saturated heterocycles. The molecule has 7 nitrogen and oxygen atoms in total. The van der Waals surface area contributed by atoms with Crippen molar-refractivity contribution in [2.75, 3.05) is 19.6 Å². The van der Waals surface area contributed by atoms with E-state index in [1.807, 2.05) is 0 Å². The predicted molar refractivity (Wildman–Crippen MR) is 79.4 cm³/mol. The van der Waals surface area contributed by atoms with Crippen molar-refractivity contribution in [2.45, 2.75) is 29.9 Å². The zero-order valence-corrected chi connectivity index (χ0v) is 13.4. The molecule has 1 aromatic carbocycles. The molecule has 9 heteroatoms. The van der Waals surface area contributed by atoms with Crippen LogP contribution >= 0.6 is 0 Å². The molecule has 1 heterocycles. The summed E-state index contributed by atoms with van der Waals surface area (Å²) >= 11 is 0. The molecule has 0 radical (unpaired) electrons. The van der Waals surface area contributed by atoms with Crippen molar-refractivity contribution in [3.8, 4) is 0 Å². The molecule has 0 aliphatic carbocycles. The van der Waals surface area contributed by atoms with Crippen LogP contribution in [-0.4, -0.2) is 60.2 Å². The lowest BCUT2D eigenvalue weighted by molar-refractivity contribution is -0.126. The molecule has 1 aromatic rings. The van der Waals surface area contributed by atoms with Crippen LogP contribution in [0.5, 0.6) is 0 Å². The number of β-amino-alcohol motifs (C(OH)–C–C–N with tert-alkyl or cyclic N) is 1. The maximum atomic E-state index is 13.2. The molecule has 3 N–H and O–H groups in total. The van der Waals surface area contributed by atoms with Gasteiger partial charge >= 0.3 is 0 Å². The van der Waals surface area contributed by atoms with Crippen molar-refractivity contribution in [3.05, 3.63) is 30.1 Å². The fourth-order valence-electron chi connectivity index (χ4n) is 2.42. The SMILES string of the molecule is CC(=O)NC[C@]1(O)CCN(S(=O)(=O)c2cccc(F)c2)C[C@H]1O. The van der Waals surface area contributed by atoms with Crippen LogP contribution in [0.15, 0.2) is 29.2 Å². The molecule has 128 valence electrons. The molecule has 1 fully saturated rings. The number of rotatable bonds is 4. The first kappa shape index (κ1) is 17.8. The van der Waals surface area contributed by atoms with E-state index < -0.39 is 27.5 Å². The number of carbonyl (C=O) groups excluding carboxylic acids is 1. The maximum absolute atomic E-state index is 13.2. The molecular formula is C14H19FN2O5S. The Kier molecular flexibility index (Phi) is 5.04. The van der Waals surface area contributed by atoms with Crippen molar-refractivity contribution >= 4 is 15.9 Å². The third-order valence-corrected chi connectivity index (χ3v) is 5.73. The summed E-state index contributed by atoms with van der Waals surface area (Å²) in [4.78, 5) is 10.7. The Bertz CT molecular complexity index is 696. The molecule has 2 atom stereocenters. The first-order valence-corrected chi connectivity index (χ1v) is 8.50. The Hall–Kier alpha value is -1.55. The number of benzene rings is 1. The first-order chi connectivity index (χ1) is 10.6. The van der Waals surface area contributed by atoms with Crippen LogP contribution < -0.4 is 5.32 Å². The number of nitrogens with zero attached hydrogens (tertiary/aromatic N) is 1. The van der Waals surface area contributed by atoms with E-state index in [-0.39, 0.29) is 36.9 Å². The van der Waals surface area contributed by atoms with E-state index in [2.05, 4.69) is 5.32 Å². The Balaban J connectivity index is 2.14. The summed E-state index contributed by atoms with van der Waals surface area (Å²) in [5, 5.41) is 22.8. The summed E-state index contributed by atoms with van der Waals surface area (Å²) in [5.41, 5.74) is -1.60. The zero-order chi connectivity index (χ0) is 17.3. The molecule has 0 saturated carbocycles. The van der Waals surface area contributed by atoms with Gasteiger partial charge in [-0.15, -0.1) is 0 Å². The second-order valence-corrected chi connectivity index (χ2v) is 7.54. The number of halogens is 1. The Labute approximate surface area is 133 Å². The molecule has 0 unspecified atom stereocenters. The minimum atomic E-state index is -3.96. The lowest BCUT2D eigenvalue weighted by Gasteiger charge is -2.41. The van der Waals surface area contributed by atoms with E-state index in [9.17, 15) is 27.8 Å². The lowest BCUT2D eigenvalue weighted by atomic mass is 9.89. The zero-order valence-electron chi connectivity index (χ0n) is 12.6. The van der Waals surface area contributed by atoms with Gasteiger partial charge in [-0.05, 0) is 24.6 Å². The van der Waals surface area contributed by atoms with Crippen molar-refractivity contribution in [3.63, 3.8) is 0 Å². The van der Waals surface area contributed by atoms with E-state index in [4.69, 9.17) is 0 Å². The van der Waals surface area contributed by atoms with Crippen molar-refractivity contribution in [2.24, 2.45) is 0 Å². The number of amides is 1. The van der Waals surface area contributed by atoms with Crippen LogP contribution in [0.1, 0.15) is 13.3 Å². The van der Waals surface area contributed by atoms with Crippen LogP contribution in [0.3, 0.4) is 0 Å². The molecule has 1 aliphatic heterocycles. The van der Waals surface area contributed by atoms with Crippen LogP contribution in [-0.2, 0) is 14.8 Å². The molecular weight excluding hydrogens is 327 g/mol. The molecule has 0 bridgehead atoms. The Morgan fingerprint density at radius 1 is 1.52 bits per heavy atom. The van der Waals surface area contributed by atoms with Gasteiger partial charge in [0.25, 0.3) is 0 Å². The second kappa shape index (κ2) is 6.52. The first-order valence-electron chi connectivity index (χ1n) is 7.06. The van der Waals surface area contributed by atoms with Crippen LogP contribution in [0.4, 0.5) is 4.39 Å². The monoisotopic (exact) mass is 346 g/mol. The average Bonchev–Trinajstić information content (AvgIpc) is 2.48. The summed E-state index contributed by atoms with van der Waals surface area (Å²) in [6, 6.07) is 4.59. The van der Waals surface area contributed by atoms with Gasteiger partial charge in [0.05, 0.1) is 11.0 Å². The smallest absolute Gasteiger partial charge is 0.243 e. The number of sulfonamides is 1. The highest BCUT2D eigenvalue weighted by Gasteiger charge is 2.44. The molecule has 0 spiro atoms. The van der Waals surface area contributed by atoms with Gasteiger partial charge < -0.3 is 15.5 Å². The van der Waals surface area contributed by atoms with Gasteiger partial charge in [0.15, 0.2) is 0 Å². The topological polar surface area (TPSA) is 107 Å². The number of nitrogens with one attached hydrogen (secondary N) is 1. The normalized spacial score (nSPS) is 26.0. The van der Waals surface area contributed by atoms with Gasteiger partial charge in [0, 0.05) is 26.6 Å². The summed E-state index contributed by atoms with van der Waals surface area (Å²) in [5.74, 6) is -1.04. The van der Waals surface area contributed by atoms with Crippen molar-refractivity contribution < 1.29 is 27.8 Å². The number of hydrogen-bond acceptors (Lipinski definition) is 5. The number of aliphatic hydroxyl groups excluding tert-OH is 1. The largest absolute Gasteiger partial charge is 0.389 e. The summed E-state index contributed by atoms with van der Waals surface area (Å²) in [6.45, 7) is 0.720. The standard InChI is InChI=1S/C14H19FN2O5S/c1-10(18)16-9-14(20)5-6-17(8-13(14)19)23(21,22)12-4-2-3-11(15)7-12/h2-4,7,13,19-20H,5-6,8-9H2,1H3,(H,16,18)/t13-,14-/m1/s1. The maximum Gasteiger partial charge on any atom is 0.243 e. The molecule has 1 aliphatic rings. The lowest BCUT2D eigenvalue weighted by Crippen LogP contribution is -2.60. The van der Waals surface area contributed by atoms with Crippen LogP contribution in [0, 0.1) is 5.82 Å². The van der Waals surface area contributed by atoms with E-state index in [1.165, 1.54) is 19.1 Å². The third kappa shape index (κ3) is 3.86. The number of piperidine rings is 1. The molecule has 0 aromatic heterocycles. The summed E-state index contributed by atoms with van der Waals surface area (Å²) in [7, 11) is -3.96. The highest BCUT2D eigenvalue weighted by atomic mass is 32.2. The third-order valence-electron chi connectivity index (χ3n) is 3.87. The minimum absolute atomic E-state index is 0.0496. The number of aliphatic hydroxyl groups is 2. The number of carbonyl (C=O) groups is 1. The van der Waals surface area contributed by atoms with Gasteiger partial charge in [0.1, 0.15) is 11.4 Å². The van der Waals surface area contributed by atoms with Crippen LogP contribution in [0.25, 0.3) is 0 Å². The Morgan fingerprint density at radius 2 is 2.22 bits per heavy atom. The fourth-order valence-corrected chi connectivity index (χ4v) is 3.90. The van der Waals surface area contributed by atoms with E-state index >= 15 is 0 Å². The summed E-state index contributed by atoms with van der Waals surface area (Å²) < 4.78 is 39.1. The van der Waals surface area contributed by atoms with E-state index in [1.54, 1.807) is 0 Å². The van der Waals surface area contributed by atoms with E-state index in [0.717, 1.165) is 16.4 Å². The van der Waals surface area contributed by atoms with Gasteiger partial charge in [-0.25, -0.2) is 12.8 Å². The highest BCUT2D eigenvalue weighted by Crippen LogP contribution is 2.27. The Morgan fingerprint density at radius 3 is 2.78 bits per heavy atom. The average molecular weight is 346 g/mol. The minimum Gasteiger partial charge on any atom is -0.389 e. The van der Waals surface area contributed by atoms with Crippen molar-refractivity contribution in [1.29, 1.82) is 0 Å². The van der Waals surface area contributed by atoms with Gasteiger partial charge in [0.2, 0.25) is 15.9 Å². The second-order valence-electron chi connectivity index (χ2n) is 5.60. The van der Waals surface area contributed by atoms with Gasteiger partial charge in [-0.2, -0.15) is 4.31 Å². The predicted octanol–water partition coefficient (Wildman–Crippen LogP) is -0.552. The highest BCUT2D eigenvalue weighted by molar-refractivity contribution is 7.89. The molecule has 23 heavy (non-hydrogen) atoms. The van der Waals surface area contributed by atoms with Gasteiger partial charge in [-0.3, -0.25) is 4.79 Å². The quantitative estimate of drug-likeness (QED) is 0.678. The molecule has 1 amide bonds. The van der Waals surface area contributed by atoms with Crippen LogP contribution in [0.2, 0.25) is 0 Å². The fraction of sp³-hybridized carbons (Fsp3) is 0.500. The number of hydrogen-bond donors (Lipinski definition) is 3. The van der Waals surface area contributed by atoms with Crippen molar-refractivity contribution in [1.82, 2.24) is 9.62 Å². The van der Waals surface area contributed by atoms with E-state index in [0.29, 0.717) is 0 Å². The molecule has 2 rings (SSSR count). The van der Waals surface area contributed by atoms with Gasteiger partial charge in [-0.1, -0.05) is 6.07 Å². The summed E-state index contributed by atoms with van der Waals surface area (Å²) in [6.07, 6.45) is -1.42.